The second-order valence-electron chi connectivity index (χ2n) is 4.95. The molecule has 2 N–H and O–H groups in total. The zero-order valence-electron chi connectivity index (χ0n) is 12.7. The largest absolute Gasteiger partial charge is 0.481 e. The minimum Gasteiger partial charge on any atom is -0.481 e. The number of ether oxygens (including phenoxy) is 1. The molecule has 1 aromatic rings. The van der Waals surface area contributed by atoms with Gasteiger partial charge in [0.25, 0.3) is 0 Å². The first-order chi connectivity index (χ1) is 9.97. The third-order valence-electron chi connectivity index (χ3n) is 3.80. The Morgan fingerprint density at radius 1 is 1.38 bits per heavy atom. The summed E-state index contributed by atoms with van der Waals surface area (Å²) >= 11 is 0. The van der Waals surface area contributed by atoms with Gasteiger partial charge in [0.2, 0.25) is 11.8 Å². The van der Waals surface area contributed by atoms with Crippen molar-refractivity contribution in [1.82, 2.24) is 10.3 Å². The normalized spacial score (nSPS) is 11.0. The van der Waals surface area contributed by atoms with Gasteiger partial charge in [-0.1, -0.05) is 13.8 Å². The molecule has 0 saturated heterocycles. The summed E-state index contributed by atoms with van der Waals surface area (Å²) in [6.45, 7) is 3.90. The number of hydrogen-bond acceptors (Lipinski definition) is 4. The number of carboxylic acid groups (broad SMARTS) is 1. The van der Waals surface area contributed by atoms with E-state index < -0.39 is 11.4 Å². The molecule has 0 aromatic carbocycles. The van der Waals surface area contributed by atoms with E-state index >= 15 is 0 Å². The van der Waals surface area contributed by atoms with Crippen molar-refractivity contribution >= 4 is 11.9 Å². The number of hydrogen-bond donors (Lipinski definition) is 2. The van der Waals surface area contributed by atoms with Crippen LogP contribution >= 0.6 is 0 Å². The number of amides is 1. The van der Waals surface area contributed by atoms with Crippen molar-refractivity contribution < 1.29 is 19.4 Å². The van der Waals surface area contributed by atoms with Crippen molar-refractivity contribution in [3.8, 4) is 5.88 Å². The number of carbonyl (C=O) groups excluding carboxylic acids is 1. The molecule has 1 rings (SSSR count). The first-order valence-corrected chi connectivity index (χ1v) is 6.96. The maximum Gasteiger partial charge on any atom is 0.310 e. The van der Waals surface area contributed by atoms with Crippen LogP contribution in [0.5, 0.6) is 5.88 Å². The van der Waals surface area contributed by atoms with E-state index in [9.17, 15) is 14.7 Å². The van der Waals surface area contributed by atoms with Gasteiger partial charge in [0.05, 0.1) is 12.5 Å². The van der Waals surface area contributed by atoms with Crippen LogP contribution in [0.3, 0.4) is 0 Å². The van der Waals surface area contributed by atoms with E-state index in [-0.39, 0.29) is 12.3 Å². The molecule has 0 spiro atoms. The molecule has 116 valence electrons. The Morgan fingerprint density at radius 3 is 2.57 bits per heavy atom. The average molecular weight is 294 g/mol. The minimum atomic E-state index is -0.986. The van der Waals surface area contributed by atoms with E-state index in [1.807, 2.05) is 0 Å². The Hall–Kier alpha value is -2.11. The minimum absolute atomic E-state index is 0.0163. The zero-order chi connectivity index (χ0) is 15.9. The molecular weight excluding hydrogens is 272 g/mol. The Bertz CT molecular complexity index is 498. The van der Waals surface area contributed by atoms with Gasteiger partial charge in [0, 0.05) is 25.2 Å². The maximum absolute atomic E-state index is 12.0. The van der Waals surface area contributed by atoms with Gasteiger partial charge in [0.15, 0.2) is 0 Å². The van der Waals surface area contributed by atoms with E-state index in [1.54, 1.807) is 32.2 Å². The van der Waals surface area contributed by atoms with Crippen LogP contribution in [0.4, 0.5) is 0 Å². The Labute approximate surface area is 124 Å². The van der Waals surface area contributed by atoms with Crippen LogP contribution in [0.25, 0.3) is 0 Å². The number of rotatable bonds is 8. The number of carboxylic acids is 1. The van der Waals surface area contributed by atoms with Gasteiger partial charge in [0.1, 0.15) is 0 Å². The molecule has 21 heavy (non-hydrogen) atoms. The molecule has 1 amide bonds. The average Bonchev–Trinajstić information content (AvgIpc) is 2.50. The first-order valence-electron chi connectivity index (χ1n) is 6.96. The van der Waals surface area contributed by atoms with Gasteiger partial charge in [-0.05, 0) is 24.5 Å². The number of methoxy groups -OCH3 is 1. The molecule has 0 aliphatic heterocycles. The molecule has 0 aliphatic rings. The van der Waals surface area contributed by atoms with Crippen LogP contribution in [0, 0.1) is 5.41 Å². The van der Waals surface area contributed by atoms with Crippen molar-refractivity contribution in [1.29, 1.82) is 0 Å². The number of carbonyl (C=O) groups is 2. The van der Waals surface area contributed by atoms with Gasteiger partial charge < -0.3 is 15.2 Å². The van der Waals surface area contributed by atoms with Gasteiger partial charge in [-0.25, -0.2) is 4.98 Å². The zero-order valence-corrected chi connectivity index (χ0v) is 12.7. The lowest BCUT2D eigenvalue weighted by Crippen LogP contribution is -2.36. The molecular formula is C15H22N2O4. The van der Waals surface area contributed by atoms with Gasteiger partial charge in [-0.15, -0.1) is 0 Å². The highest BCUT2D eigenvalue weighted by atomic mass is 16.5. The SMILES string of the molecule is CCC(CC)(CC(=O)NCc1ccnc(OC)c1)C(=O)O. The summed E-state index contributed by atoms with van der Waals surface area (Å²) in [5.41, 5.74) is -0.135. The van der Waals surface area contributed by atoms with Crippen LogP contribution in [0.1, 0.15) is 38.7 Å². The highest BCUT2D eigenvalue weighted by molar-refractivity contribution is 5.84. The fourth-order valence-electron chi connectivity index (χ4n) is 2.12. The Morgan fingerprint density at radius 2 is 2.05 bits per heavy atom. The summed E-state index contributed by atoms with van der Waals surface area (Å²) in [4.78, 5) is 27.3. The van der Waals surface area contributed by atoms with Crippen LogP contribution in [-0.2, 0) is 16.1 Å². The highest BCUT2D eigenvalue weighted by Crippen LogP contribution is 2.30. The standard InChI is InChI=1S/C15H22N2O4/c1-4-15(5-2,14(19)20)9-12(18)17-10-11-6-7-16-13(8-11)21-3/h6-8H,4-5,9-10H2,1-3H3,(H,17,18)(H,19,20). The Kier molecular flexibility index (Phi) is 6.14. The summed E-state index contributed by atoms with van der Waals surface area (Å²) in [6, 6.07) is 3.50. The van der Waals surface area contributed by atoms with Gasteiger partial charge in [-0.2, -0.15) is 0 Å². The fraction of sp³-hybridized carbons (Fsp3) is 0.533. The Balaban J connectivity index is 2.62. The molecule has 0 atom stereocenters. The molecule has 0 bridgehead atoms. The van der Waals surface area contributed by atoms with E-state index in [4.69, 9.17) is 4.74 Å². The van der Waals surface area contributed by atoms with E-state index in [2.05, 4.69) is 10.3 Å². The number of aromatic nitrogens is 1. The van der Waals surface area contributed by atoms with Crippen LogP contribution in [-0.4, -0.2) is 29.1 Å². The molecule has 0 saturated carbocycles. The predicted molar refractivity (Wildman–Crippen MR) is 77.9 cm³/mol. The van der Waals surface area contributed by atoms with E-state index in [0.717, 1.165) is 5.56 Å². The molecule has 6 nitrogen and oxygen atoms in total. The number of nitrogens with one attached hydrogen (secondary N) is 1. The summed E-state index contributed by atoms with van der Waals surface area (Å²) in [5.74, 6) is -0.714. The smallest absolute Gasteiger partial charge is 0.310 e. The number of pyridine rings is 1. The summed E-state index contributed by atoms with van der Waals surface area (Å²) < 4.78 is 5.01. The van der Waals surface area contributed by atoms with Crippen molar-refractivity contribution in [2.45, 2.75) is 39.7 Å². The number of aliphatic carboxylic acids is 1. The summed E-state index contributed by atoms with van der Waals surface area (Å²) in [6.07, 6.45) is 2.43. The van der Waals surface area contributed by atoms with Crippen molar-refractivity contribution in [3.05, 3.63) is 23.9 Å². The molecule has 1 heterocycles. The first kappa shape index (κ1) is 16.9. The number of nitrogens with zero attached hydrogens (tertiary/aromatic N) is 1. The molecule has 0 unspecified atom stereocenters. The molecule has 0 radical (unpaired) electrons. The predicted octanol–water partition coefficient (Wildman–Crippen LogP) is 1.99. The third kappa shape index (κ3) is 4.44. The quantitative estimate of drug-likeness (QED) is 0.765. The lowest BCUT2D eigenvalue weighted by Gasteiger charge is -2.25. The van der Waals surface area contributed by atoms with E-state index in [0.29, 0.717) is 25.3 Å². The lowest BCUT2D eigenvalue weighted by molar-refractivity contribution is -0.152. The van der Waals surface area contributed by atoms with Crippen LogP contribution in [0.15, 0.2) is 18.3 Å². The van der Waals surface area contributed by atoms with Gasteiger partial charge in [-0.3, -0.25) is 9.59 Å². The second-order valence-corrected chi connectivity index (χ2v) is 4.95. The molecule has 0 aliphatic carbocycles. The summed E-state index contributed by atoms with van der Waals surface area (Å²) in [7, 11) is 1.52. The topological polar surface area (TPSA) is 88.5 Å². The van der Waals surface area contributed by atoms with E-state index in [1.165, 1.54) is 7.11 Å². The monoisotopic (exact) mass is 294 g/mol. The third-order valence-corrected chi connectivity index (χ3v) is 3.80. The maximum atomic E-state index is 12.0. The van der Waals surface area contributed by atoms with Crippen molar-refractivity contribution in [3.63, 3.8) is 0 Å². The van der Waals surface area contributed by atoms with Crippen molar-refractivity contribution in [2.75, 3.05) is 7.11 Å². The molecule has 0 fully saturated rings. The lowest BCUT2D eigenvalue weighted by atomic mass is 9.79. The molecule has 6 heteroatoms. The molecule has 1 aromatic heterocycles. The summed E-state index contributed by atoms with van der Waals surface area (Å²) in [5, 5.41) is 12.1. The van der Waals surface area contributed by atoms with Gasteiger partial charge >= 0.3 is 5.97 Å². The fourth-order valence-corrected chi connectivity index (χ4v) is 2.12. The highest BCUT2D eigenvalue weighted by Gasteiger charge is 2.36. The second kappa shape index (κ2) is 7.61. The van der Waals surface area contributed by atoms with Crippen LogP contribution < -0.4 is 10.1 Å². The van der Waals surface area contributed by atoms with Crippen molar-refractivity contribution in [2.24, 2.45) is 5.41 Å². The van der Waals surface area contributed by atoms with Crippen LogP contribution in [0.2, 0.25) is 0 Å².